The Labute approximate surface area is 114 Å². The van der Waals surface area contributed by atoms with Crippen LogP contribution in [0.15, 0.2) is 18.2 Å². The fourth-order valence-corrected chi connectivity index (χ4v) is 1.51. The number of anilines is 4. The largest absolute Gasteiger partial charge is 0.368 e. The molecule has 0 radical (unpaired) electrons. The van der Waals surface area contributed by atoms with Crippen molar-refractivity contribution in [3.8, 4) is 0 Å². The molecule has 0 aliphatic heterocycles. The number of rotatable bonds is 3. The van der Waals surface area contributed by atoms with Gasteiger partial charge in [0.25, 0.3) is 0 Å². The van der Waals surface area contributed by atoms with Crippen LogP contribution in [-0.4, -0.2) is 29.0 Å². The van der Waals surface area contributed by atoms with Crippen molar-refractivity contribution in [3.05, 3.63) is 29.0 Å². The quantitative estimate of drug-likeness (QED) is 0.897. The number of halogens is 2. The highest BCUT2D eigenvalue weighted by atomic mass is 35.5. The molecule has 19 heavy (non-hydrogen) atoms. The molecular weight excluding hydrogens is 271 g/mol. The summed E-state index contributed by atoms with van der Waals surface area (Å²) in [5, 5.41) is 3.05. The molecule has 100 valence electrons. The molecule has 0 spiro atoms. The third-order valence-electron chi connectivity index (χ3n) is 2.22. The fourth-order valence-electron chi connectivity index (χ4n) is 1.35. The molecule has 0 fully saturated rings. The molecule has 0 bridgehead atoms. The van der Waals surface area contributed by atoms with E-state index in [4.69, 9.17) is 17.3 Å². The SMILES string of the molecule is CN(C)c1nc(N)nc(Nc2ccc(Cl)cc2F)n1. The highest BCUT2D eigenvalue weighted by Gasteiger charge is 2.09. The Morgan fingerprint density at radius 3 is 2.63 bits per heavy atom. The Hall–Kier alpha value is -2.15. The van der Waals surface area contributed by atoms with E-state index in [0.717, 1.165) is 0 Å². The summed E-state index contributed by atoms with van der Waals surface area (Å²) in [4.78, 5) is 13.6. The first kappa shape index (κ1) is 13.3. The molecule has 6 nitrogen and oxygen atoms in total. The van der Waals surface area contributed by atoms with Gasteiger partial charge in [0, 0.05) is 19.1 Å². The van der Waals surface area contributed by atoms with E-state index >= 15 is 0 Å². The maximum atomic E-state index is 13.6. The summed E-state index contributed by atoms with van der Waals surface area (Å²) < 4.78 is 13.6. The Balaban J connectivity index is 2.32. The van der Waals surface area contributed by atoms with Crippen LogP contribution in [0.5, 0.6) is 0 Å². The predicted molar refractivity (Wildman–Crippen MR) is 73.3 cm³/mol. The van der Waals surface area contributed by atoms with Crippen LogP contribution in [0.2, 0.25) is 5.02 Å². The molecule has 0 saturated carbocycles. The molecule has 0 aliphatic carbocycles. The second kappa shape index (κ2) is 5.23. The predicted octanol–water partition coefficient (Wildman–Crippen LogP) is 2.06. The Morgan fingerprint density at radius 1 is 1.26 bits per heavy atom. The molecule has 0 saturated heterocycles. The first-order valence-electron chi connectivity index (χ1n) is 5.36. The van der Waals surface area contributed by atoms with E-state index in [1.165, 1.54) is 12.1 Å². The van der Waals surface area contributed by atoms with Gasteiger partial charge in [0.15, 0.2) is 0 Å². The van der Waals surface area contributed by atoms with E-state index in [1.807, 2.05) is 0 Å². The number of hydrogen-bond donors (Lipinski definition) is 2. The smallest absolute Gasteiger partial charge is 0.233 e. The fraction of sp³-hybridized carbons (Fsp3) is 0.182. The first-order chi connectivity index (χ1) is 8.95. The maximum absolute atomic E-state index is 13.6. The molecule has 0 amide bonds. The topological polar surface area (TPSA) is 80.0 Å². The molecule has 2 rings (SSSR count). The van der Waals surface area contributed by atoms with Crippen LogP contribution < -0.4 is 16.0 Å². The molecule has 1 aromatic heterocycles. The van der Waals surface area contributed by atoms with Gasteiger partial charge >= 0.3 is 0 Å². The number of nitrogen functional groups attached to an aromatic ring is 1. The van der Waals surface area contributed by atoms with Crippen molar-refractivity contribution in [1.29, 1.82) is 0 Å². The highest BCUT2D eigenvalue weighted by molar-refractivity contribution is 6.30. The standard InChI is InChI=1S/C11H12ClFN6/c1-19(2)11-17-9(14)16-10(18-11)15-8-4-3-6(12)5-7(8)13/h3-5H,1-2H3,(H3,14,15,16,17,18). The van der Waals surface area contributed by atoms with Crippen LogP contribution in [0.25, 0.3) is 0 Å². The van der Waals surface area contributed by atoms with Crippen molar-refractivity contribution < 1.29 is 4.39 Å². The lowest BCUT2D eigenvalue weighted by atomic mass is 10.3. The van der Waals surface area contributed by atoms with Crippen molar-refractivity contribution in [3.63, 3.8) is 0 Å². The van der Waals surface area contributed by atoms with Crippen molar-refractivity contribution >= 4 is 35.1 Å². The molecule has 1 heterocycles. The van der Waals surface area contributed by atoms with E-state index < -0.39 is 5.82 Å². The van der Waals surface area contributed by atoms with Gasteiger partial charge < -0.3 is 16.0 Å². The van der Waals surface area contributed by atoms with Crippen LogP contribution in [0, 0.1) is 5.82 Å². The normalized spacial score (nSPS) is 10.3. The minimum Gasteiger partial charge on any atom is -0.368 e. The van der Waals surface area contributed by atoms with E-state index in [-0.39, 0.29) is 17.6 Å². The van der Waals surface area contributed by atoms with Gasteiger partial charge in [-0.3, -0.25) is 0 Å². The Morgan fingerprint density at radius 2 is 2.00 bits per heavy atom. The molecule has 8 heteroatoms. The second-order valence-corrected chi connectivity index (χ2v) is 4.40. The lowest BCUT2D eigenvalue weighted by molar-refractivity contribution is 0.631. The van der Waals surface area contributed by atoms with E-state index in [9.17, 15) is 4.39 Å². The number of nitrogens with one attached hydrogen (secondary N) is 1. The molecule has 1 aromatic carbocycles. The molecule has 0 atom stereocenters. The first-order valence-corrected chi connectivity index (χ1v) is 5.74. The molecule has 0 aliphatic rings. The lowest BCUT2D eigenvalue weighted by Gasteiger charge is -2.12. The third kappa shape index (κ3) is 3.19. The van der Waals surface area contributed by atoms with Crippen LogP contribution in [-0.2, 0) is 0 Å². The van der Waals surface area contributed by atoms with Gasteiger partial charge in [0.05, 0.1) is 5.69 Å². The summed E-state index contributed by atoms with van der Waals surface area (Å²) in [6.07, 6.45) is 0. The summed E-state index contributed by atoms with van der Waals surface area (Å²) in [5.41, 5.74) is 5.78. The van der Waals surface area contributed by atoms with Gasteiger partial charge in [-0.2, -0.15) is 15.0 Å². The zero-order chi connectivity index (χ0) is 14.0. The number of aromatic nitrogens is 3. The number of benzene rings is 1. The van der Waals surface area contributed by atoms with Gasteiger partial charge in [-0.15, -0.1) is 0 Å². The molecule has 3 N–H and O–H groups in total. The molecule has 2 aromatic rings. The van der Waals surface area contributed by atoms with Gasteiger partial charge in [0.1, 0.15) is 5.82 Å². The van der Waals surface area contributed by atoms with Crippen molar-refractivity contribution in [2.24, 2.45) is 0 Å². The van der Waals surface area contributed by atoms with E-state index in [2.05, 4.69) is 20.3 Å². The zero-order valence-corrected chi connectivity index (χ0v) is 11.1. The Kier molecular flexibility index (Phi) is 3.66. The van der Waals surface area contributed by atoms with Crippen molar-refractivity contribution in [2.45, 2.75) is 0 Å². The van der Waals surface area contributed by atoms with Crippen molar-refractivity contribution in [2.75, 3.05) is 30.0 Å². The summed E-state index contributed by atoms with van der Waals surface area (Å²) in [5.74, 6) is 0.0928. The van der Waals surface area contributed by atoms with Crippen LogP contribution in [0.1, 0.15) is 0 Å². The summed E-state index contributed by atoms with van der Waals surface area (Å²) in [6.45, 7) is 0. The summed E-state index contributed by atoms with van der Waals surface area (Å²) in [6, 6.07) is 4.25. The number of nitrogens with zero attached hydrogens (tertiary/aromatic N) is 4. The van der Waals surface area contributed by atoms with E-state index in [0.29, 0.717) is 11.0 Å². The zero-order valence-electron chi connectivity index (χ0n) is 10.4. The number of hydrogen-bond acceptors (Lipinski definition) is 6. The van der Waals surface area contributed by atoms with Crippen LogP contribution >= 0.6 is 11.6 Å². The molecular formula is C11H12ClFN6. The van der Waals surface area contributed by atoms with Gasteiger partial charge in [-0.1, -0.05) is 11.6 Å². The lowest BCUT2D eigenvalue weighted by Crippen LogP contribution is -2.15. The minimum absolute atomic E-state index is 0.0515. The van der Waals surface area contributed by atoms with Crippen molar-refractivity contribution in [1.82, 2.24) is 15.0 Å². The maximum Gasteiger partial charge on any atom is 0.233 e. The Bertz CT molecular complexity index is 604. The average Bonchev–Trinajstić information content (AvgIpc) is 2.32. The molecule has 0 unspecified atom stereocenters. The number of nitrogens with two attached hydrogens (primary N) is 1. The third-order valence-corrected chi connectivity index (χ3v) is 2.45. The van der Waals surface area contributed by atoms with Crippen LogP contribution in [0.4, 0.5) is 27.9 Å². The minimum atomic E-state index is -0.502. The van der Waals surface area contributed by atoms with E-state index in [1.54, 1.807) is 25.1 Å². The average molecular weight is 283 g/mol. The highest BCUT2D eigenvalue weighted by Crippen LogP contribution is 2.22. The van der Waals surface area contributed by atoms with Gasteiger partial charge in [-0.05, 0) is 18.2 Å². The summed E-state index contributed by atoms with van der Waals surface area (Å²) in [7, 11) is 3.53. The second-order valence-electron chi connectivity index (χ2n) is 3.96. The van der Waals surface area contributed by atoms with Crippen LogP contribution in [0.3, 0.4) is 0 Å². The van der Waals surface area contributed by atoms with Gasteiger partial charge in [-0.25, -0.2) is 4.39 Å². The van der Waals surface area contributed by atoms with Gasteiger partial charge in [0.2, 0.25) is 17.8 Å². The summed E-state index contributed by atoms with van der Waals surface area (Å²) >= 11 is 5.68. The monoisotopic (exact) mass is 282 g/mol.